The van der Waals surface area contributed by atoms with Gasteiger partial charge in [0.1, 0.15) is 0 Å². The SMILES string of the molecule is CC(C)N=C(N)NC(=N)N(C)C. The first kappa shape index (κ1) is 10.7. The van der Waals surface area contributed by atoms with Gasteiger partial charge >= 0.3 is 0 Å². The van der Waals surface area contributed by atoms with E-state index in [9.17, 15) is 0 Å². The number of rotatable bonds is 1. The summed E-state index contributed by atoms with van der Waals surface area (Å²) in [4.78, 5) is 5.63. The molecule has 0 atom stereocenters. The van der Waals surface area contributed by atoms with E-state index in [2.05, 4.69) is 10.3 Å². The summed E-state index contributed by atoms with van der Waals surface area (Å²) in [6.07, 6.45) is 0. The van der Waals surface area contributed by atoms with E-state index in [1.807, 2.05) is 13.8 Å². The minimum atomic E-state index is 0.146. The third-order valence-corrected chi connectivity index (χ3v) is 1.09. The van der Waals surface area contributed by atoms with Gasteiger partial charge in [-0.2, -0.15) is 0 Å². The van der Waals surface area contributed by atoms with Gasteiger partial charge < -0.3 is 10.6 Å². The minimum Gasteiger partial charge on any atom is -0.370 e. The summed E-state index contributed by atoms with van der Waals surface area (Å²) in [5.74, 6) is 0.514. The topological polar surface area (TPSA) is 77.5 Å². The predicted octanol–water partition coefficient (Wildman–Crippen LogP) is -0.205. The quantitative estimate of drug-likeness (QED) is 0.377. The molecule has 0 fully saturated rings. The van der Waals surface area contributed by atoms with E-state index >= 15 is 0 Å². The molecule has 12 heavy (non-hydrogen) atoms. The van der Waals surface area contributed by atoms with Crippen LogP contribution in [-0.2, 0) is 0 Å². The van der Waals surface area contributed by atoms with Crippen molar-refractivity contribution in [3.05, 3.63) is 0 Å². The van der Waals surface area contributed by atoms with Crippen LogP contribution in [0.4, 0.5) is 0 Å². The summed E-state index contributed by atoms with van der Waals surface area (Å²) >= 11 is 0. The second-order valence-corrected chi connectivity index (χ2v) is 2.98. The zero-order valence-electron chi connectivity index (χ0n) is 8.05. The number of hydrogen-bond donors (Lipinski definition) is 3. The molecule has 0 aliphatic carbocycles. The Kier molecular flexibility index (Phi) is 4.10. The first-order valence-corrected chi connectivity index (χ1v) is 3.79. The van der Waals surface area contributed by atoms with Crippen LogP contribution in [0, 0.1) is 5.41 Å². The number of nitrogens with one attached hydrogen (secondary N) is 2. The molecule has 5 nitrogen and oxygen atoms in total. The van der Waals surface area contributed by atoms with E-state index < -0.39 is 0 Å². The summed E-state index contributed by atoms with van der Waals surface area (Å²) in [5.41, 5.74) is 5.48. The molecule has 0 saturated carbocycles. The van der Waals surface area contributed by atoms with Gasteiger partial charge in [0, 0.05) is 20.1 Å². The fourth-order valence-corrected chi connectivity index (χ4v) is 0.544. The lowest BCUT2D eigenvalue weighted by Gasteiger charge is -2.14. The van der Waals surface area contributed by atoms with E-state index in [4.69, 9.17) is 11.1 Å². The van der Waals surface area contributed by atoms with Crippen molar-refractivity contribution in [1.29, 1.82) is 5.41 Å². The van der Waals surface area contributed by atoms with Crippen LogP contribution in [0.15, 0.2) is 4.99 Å². The van der Waals surface area contributed by atoms with Gasteiger partial charge in [-0.15, -0.1) is 0 Å². The van der Waals surface area contributed by atoms with Crippen molar-refractivity contribution in [3.63, 3.8) is 0 Å². The van der Waals surface area contributed by atoms with Crippen LogP contribution in [0.25, 0.3) is 0 Å². The second-order valence-electron chi connectivity index (χ2n) is 2.98. The Hall–Kier alpha value is -1.26. The Balaban J connectivity index is 4.01. The van der Waals surface area contributed by atoms with Gasteiger partial charge in [-0.1, -0.05) is 0 Å². The third kappa shape index (κ3) is 4.54. The summed E-state index contributed by atoms with van der Waals surface area (Å²) < 4.78 is 0. The van der Waals surface area contributed by atoms with Gasteiger partial charge in [0.2, 0.25) is 0 Å². The highest BCUT2D eigenvalue weighted by Crippen LogP contribution is 1.83. The molecule has 0 spiro atoms. The Morgan fingerprint density at radius 2 is 2.00 bits per heavy atom. The van der Waals surface area contributed by atoms with E-state index in [0.717, 1.165) is 0 Å². The van der Waals surface area contributed by atoms with Gasteiger partial charge in [0.15, 0.2) is 11.9 Å². The van der Waals surface area contributed by atoms with Gasteiger partial charge in [0.25, 0.3) is 0 Å². The minimum absolute atomic E-state index is 0.146. The van der Waals surface area contributed by atoms with Crippen LogP contribution >= 0.6 is 0 Å². The number of aliphatic imine (C=N–C) groups is 1. The first-order chi connectivity index (χ1) is 5.43. The van der Waals surface area contributed by atoms with Crippen LogP contribution in [0.3, 0.4) is 0 Å². The monoisotopic (exact) mass is 171 g/mol. The Labute approximate surface area is 73.2 Å². The molecular weight excluding hydrogens is 154 g/mol. The molecule has 0 bridgehead atoms. The van der Waals surface area contributed by atoms with Crippen molar-refractivity contribution in [2.24, 2.45) is 10.7 Å². The molecule has 0 rings (SSSR count). The number of nitrogens with two attached hydrogens (primary N) is 1. The van der Waals surface area contributed by atoms with Crippen molar-refractivity contribution in [2.45, 2.75) is 19.9 Å². The molecule has 0 unspecified atom stereocenters. The van der Waals surface area contributed by atoms with Crippen molar-refractivity contribution in [3.8, 4) is 0 Å². The van der Waals surface area contributed by atoms with Crippen LogP contribution < -0.4 is 11.1 Å². The number of hydrogen-bond acceptors (Lipinski definition) is 2. The van der Waals surface area contributed by atoms with Crippen molar-refractivity contribution in [1.82, 2.24) is 10.2 Å². The maximum absolute atomic E-state index is 7.37. The molecule has 0 aromatic rings. The molecule has 0 saturated heterocycles. The zero-order valence-corrected chi connectivity index (χ0v) is 8.05. The molecular formula is C7H17N5. The van der Waals surface area contributed by atoms with Crippen molar-refractivity contribution < 1.29 is 0 Å². The molecule has 0 aromatic carbocycles. The highest BCUT2D eigenvalue weighted by atomic mass is 15.3. The Morgan fingerprint density at radius 1 is 1.50 bits per heavy atom. The lowest BCUT2D eigenvalue weighted by atomic mass is 10.4. The number of guanidine groups is 2. The number of nitrogens with zero attached hydrogens (tertiary/aromatic N) is 2. The summed E-state index contributed by atoms with van der Waals surface area (Å²) in [6.45, 7) is 3.85. The standard InChI is InChI=1S/C7H17N5/c1-5(2)10-6(8)11-7(9)12(3)4/h5H,1-4H3,(H4,8,9,10,11). The maximum Gasteiger partial charge on any atom is 0.197 e. The second kappa shape index (κ2) is 4.58. The summed E-state index contributed by atoms with van der Waals surface area (Å²) in [7, 11) is 3.52. The van der Waals surface area contributed by atoms with Gasteiger partial charge in [-0.05, 0) is 13.8 Å². The fourth-order valence-electron chi connectivity index (χ4n) is 0.544. The molecule has 4 N–H and O–H groups in total. The molecule has 0 aliphatic rings. The largest absolute Gasteiger partial charge is 0.370 e. The lowest BCUT2D eigenvalue weighted by molar-refractivity contribution is 0.598. The zero-order chi connectivity index (χ0) is 9.72. The average Bonchev–Trinajstić information content (AvgIpc) is 1.84. The smallest absolute Gasteiger partial charge is 0.197 e. The van der Waals surface area contributed by atoms with Gasteiger partial charge in [-0.3, -0.25) is 15.7 Å². The van der Waals surface area contributed by atoms with Crippen molar-refractivity contribution in [2.75, 3.05) is 14.1 Å². The van der Waals surface area contributed by atoms with Crippen LogP contribution in [-0.4, -0.2) is 37.0 Å². The third-order valence-electron chi connectivity index (χ3n) is 1.09. The van der Waals surface area contributed by atoms with E-state index in [1.165, 1.54) is 0 Å². The van der Waals surface area contributed by atoms with Gasteiger partial charge in [0.05, 0.1) is 0 Å². The molecule has 70 valence electrons. The van der Waals surface area contributed by atoms with Crippen LogP contribution in [0.1, 0.15) is 13.8 Å². The summed E-state index contributed by atoms with van der Waals surface area (Å²) in [5, 5.41) is 10.0. The Morgan fingerprint density at radius 3 is 2.33 bits per heavy atom. The normalized spacial score (nSPS) is 11.6. The highest BCUT2D eigenvalue weighted by Gasteiger charge is 1.99. The highest BCUT2D eigenvalue weighted by molar-refractivity contribution is 5.96. The van der Waals surface area contributed by atoms with Crippen molar-refractivity contribution >= 4 is 11.9 Å². The molecule has 5 heteroatoms. The molecule has 0 heterocycles. The van der Waals surface area contributed by atoms with E-state index in [0.29, 0.717) is 0 Å². The Bertz CT molecular complexity index is 182. The molecule has 0 radical (unpaired) electrons. The fraction of sp³-hybridized carbons (Fsp3) is 0.714. The maximum atomic E-state index is 7.37. The van der Waals surface area contributed by atoms with Crippen LogP contribution in [0.2, 0.25) is 0 Å². The predicted molar refractivity (Wildman–Crippen MR) is 51.3 cm³/mol. The molecule has 0 aliphatic heterocycles. The van der Waals surface area contributed by atoms with Crippen LogP contribution in [0.5, 0.6) is 0 Å². The van der Waals surface area contributed by atoms with E-state index in [1.54, 1.807) is 19.0 Å². The average molecular weight is 171 g/mol. The van der Waals surface area contributed by atoms with Gasteiger partial charge in [-0.25, -0.2) is 0 Å². The van der Waals surface area contributed by atoms with E-state index in [-0.39, 0.29) is 18.0 Å². The summed E-state index contributed by atoms with van der Waals surface area (Å²) in [6, 6.07) is 0.146. The molecule has 0 amide bonds. The first-order valence-electron chi connectivity index (χ1n) is 3.79. The lowest BCUT2D eigenvalue weighted by Crippen LogP contribution is -2.43. The molecule has 0 aromatic heterocycles.